The number of sulfone groups is 1. The maximum atomic E-state index is 13.2. The number of halogens is 1. The largest absolute Gasteiger partial charge is 0.383 e. The Kier molecular flexibility index (Phi) is 5.80. The Morgan fingerprint density at radius 1 is 1.48 bits per heavy atom. The number of aromatic nitrogens is 2. The number of nitrogen functional groups attached to an aromatic ring is 1. The van der Waals surface area contributed by atoms with Gasteiger partial charge in [0.2, 0.25) is 9.84 Å². The van der Waals surface area contributed by atoms with Crippen LogP contribution in [0.1, 0.15) is 11.3 Å². The summed E-state index contributed by atoms with van der Waals surface area (Å²) in [6, 6.07) is 4.64. The maximum Gasteiger partial charge on any atom is 0.208 e. The van der Waals surface area contributed by atoms with Crippen molar-refractivity contribution in [1.29, 1.82) is 5.41 Å². The van der Waals surface area contributed by atoms with E-state index in [1.54, 1.807) is 24.7 Å². The molecule has 0 radical (unpaired) electrons. The van der Waals surface area contributed by atoms with Gasteiger partial charge in [0.05, 0.1) is 36.2 Å². The number of hydrogen-bond donors (Lipinski definition) is 2. The lowest BCUT2D eigenvalue weighted by Gasteiger charge is -2.08. The molecule has 2 aromatic heterocycles. The topological polar surface area (TPSA) is 102 Å². The number of hydrogen-bond acceptors (Lipinski definition) is 6. The molecule has 0 fully saturated rings. The van der Waals surface area contributed by atoms with Gasteiger partial charge in [0.1, 0.15) is 5.84 Å². The second-order valence-corrected chi connectivity index (χ2v) is 10.6. The minimum absolute atomic E-state index is 0.144. The minimum Gasteiger partial charge on any atom is -0.383 e. The van der Waals surface area contributed by atoms with Gasteiger partial charge in [0.25, 0.3) is 0 Å². The van der Waals surface area contributed by atoms with E-state index >= 15 is 0 Å². The molecule has 0 aliphatic rings. The standard InChI is InChI=1S/C17H17BrN4O2S3/c1-3-4-5-22-9-21-12-7-10(6-11(18)15(12)22)27(23,24)14-8-13(16(19)20)26-17(14)25-2/h3,6-9H,1,4-5H2,2H3,(H3,19,20). The fourth-order valence-corrected chi connectivity index (χ4v) is 7.37. The number of amidine groups is 1. The van der Waals surface area contributed by atoms with Crippen molar-refractivity contribution in [3.05, 3.63) is 46.5 Å². The summed E-state index contributed by atoms with van der Waals surface area (Å²) in [6.07, 6.45) is 6.11. The fourth-order valence-electron chi connectivity index (χ4n) is 2.63. The second kappa shape index (κ2) is 7.78. The number of nitrogens with two attached hydrogens (primary N) is 1. The van der Waals surface area contributed by atoms with E-state index in [0.717, 1.165) is 11.9 Å². The van der Waals surface area contributed by atoms with Crippen LogP contribution in [0.25, 0.3) is 11.0 Å². The third kappa shape index (κ3) is 3.71. The van der Waals surface area contributed by atoms with Gasteiger partial charge in [0.15, 0.2) is 0 Å². The molecular formula is C17H17BrN4O2S3. The van der Waals surface area contributed by atoms with Gasteiger partial charge in [-0.25, -0.2) is 13.4 Å². The Labute approximate surface area is 174 Å². The van der Waals surface area contributed by atoms with Crippen LogP contribution in [-0.4, -0.2) is 30.1 Å². The van der Waals surface area contributed by atoms with Crippen LogP contribution >= 0.6 is 39.0 Å². The summed E-state index contributed by atoms with van der Waals surface area (Å²) < 4.78 is 29.7. The molecule has 1 aromatic carbocycles. The van der Waals surface area contributed by atoms with Crippen LogP contribution in [0.2, 0.25) is 0 Å². The van der Waals surface area contributed by atoms with E-state index in [4.69, 9.17) is 11.1 Å². The number of benzene rings is 1. The molecule has 0 atom stereocenters. The summed E-state index contributed by atoms with van der Waals surface area (Å²) in [7, 11) is -3.77. The van der Waals surface area contributed by atoms with E-state index in [9.17, 15) is 8.42 Å². The zero-order valence-corrected chi connectivity index (χ0v) is 18.4. The molecule has 6 nitrogen and oxygen atoms in total. The van der Waals surface area contributed by atoms with E-state index in [2.05, 4.69) is 27.5 Å². The molecular weight excluding hydrogens is 468 g/mol. The van der Waals surface area contributed by atoms with Gasteiger partial charge in [-0.2, -0.15) is 0 Å². The van der Waals surface area contributed by atoms with Crippen LogP contribution in [0, 0.1) is 5.41 Å². The molecule has 2 heterocycles. The van der Waals surface area contributed by atoms with Crippen molar-refractivity contribution in [1.82, 2.24) is 9.55 Å². The lowest BCUT2D eigenvalue weighted by Crippen LogP contribution is -2.09. The smallest absolute Gasteiger partial charge is 0.208 e. The molecule has 0 aliphatic carbocycles. The highest BCUT2D eigenvalue weighted by molar-refractivity contribution is 9.10. The van der Waals surface area contributed by atoms with Crippen LogP contribution < -0.4 is 5.73 Å². The number of imidazole rings is 1. The highest BCUT2D eigenvalue weighted by Gasteiger charge is 2.26. The second-order valence-electron chi connectivity index (χ2n) is 5.67. The molecule has 0 spiro atoms. The molecule has 3 aromatic rings. The molecule has 0 saturated carbocycles. The molecule has 10 heteroatoms. The molecule has 0 bridgehead atoms. The van der Waals surface area contributed by atoms with Crippen molar-refractivity contribution < 1.29 is 8.42 Å². The highest BCUT2D eigenvalue weighted by atomic mass is 79.9. The van der Waals surface area contributed by atoms with Gasteiger partial charge in [0, 0.05) is 11.0 Å². The molecule has 0 saturated heterocycles. The van der Waals surface area contributed by atoms with E-state index < -0.39 is 9.84 Å². The first-order chi connectivity index (χ1) is 12.8. The number of aryl methyl sites for hydroxylation is 1. The Morgan fingerprint density at radius 3 is 2.85 bits per heavy atom. The number of thioether (sulfide) groups is 1. The Morgan fingerprint density at radius 2 is 2.22 bits per heavy atom. The SMILES string of the molecule is C=CCCn1cnc2cc(S(=O)(=O)c3cc(C(=N)N)sc3SC)cc(Br)c21. The minimum atomic E-state index is -3.77. The molecule has 0 unspecified atom stereocenters. The van der Waals surface area contributed by atoms with Gasteiger partial charge in [-0.1, -0.05) is 6.08 Å². The zero-order chi connectivity index (χ0) is 19.8. The molecule has 3 N–H and O–H groups in total. The molecule has 3 rings (SSSR count). The lowest BCUT2D eigenvalue weighted by atomic mass is 10.3. The Hall–Kier alpha value is -1.62. The number of nitrogens with zero attached hydrogens (tertiary/aromatic N) is 2. The third-order valence-electron chi connectivity index (χ3n) is 3.93. The number of fused-ring (bicyclic) bond motifs is 1. The molecule has 142 valence electrons. The summed E-state index contributed by atoms with van der Waals surface area (Å²) in [6.45, 7) is 4.44. The number of rotatable bonds is 7. The Balaban J connectivity index is 2.14. The van der Waals surface area contributed by atoms with Crippen molar-refractivity contribution in [2.45, 2.75) is 27.0 Å². The number of thiophene rings is 1. The van der Waals surface area contributed by atoms with Gasteiger partial charge in [-0.3, -0.25) is 5.41 Å². The summed E-state index contributed by atoms with van der Waals surface area (Å²) in [5, 5.41) is 7.59. The zero-order valence-electron chi connectivity index (χ0n) is 14.4. The monoisotopic (exact) mass is 484 g/mol. The molecule has 0 amide bonds. The van der Waals surface area contributed by atoms with E-state index in [-0.39, 0.29) is 15.6 Å². The van der Waals surface area contributed by atoms with Gasteiger partial charge < -0.3 is 10.3 Å². The molecule has 27 heavy (non-hydrogen) atoms. The first kappa shape index (κ1) is 20.1. The highest BCUT2D eigenvalue weighted by Crippen LogP contribution is 2.38. The lowest BCUT2D eigenvalue weighted by molar-refractivity contribution is 0.595. The quantitative estimate of drug-likeness (QED) is 0.225. The van der Waals surface area contributed by atoms with Crippen LogP contribution in [0.15, 0.2) is 55.7 Å². The normalized spacial score (nSPS) is 11.8. The average Bonchev–Trinajstić information content (AvgIpc) is 3.24. The molecule has 0 aliphatic heterocycles. The number of allylic oxidation sites excluding steroid dienone is 1. The predicted octanol–water partition coefficient (Wildman–Crippen LogP) is 4.28. The summed E-state index contributed by atoms with van der Waals surface area (Å²) in [4.78, 5) is 5.11. The van der Waals surface area contributed by atoms with Crippen molar-refractivity contribution in [3.63, 3.8) is 0 Å². The van der Waals surface area contributed by atoms with E-state index in [1.807, 2.05) is 10.6 Å². The van der Waals surface area contributed by atoms with Crippen molar-refractivity contribution >= 4 is 65.7 Å². The van der Waals surface area contributed by atoms with Crippen LogP contribution in [0.5, 0.6) is 0 Å². The van der Waals surface area contributed by atoms with Gasteiger partial charge >= 0.3 is 0 Å². The van der Waals surface area contributed by atoms with Crippen molar-refractivity contribution in [2.24, 2.45) is 5.73 Å². The van der Waals surface area contributed by atoms with Crippen LogP contribution in [0.3, 0.4) is 0 Å². The van der Waals surface area contributed by atoms with Crippen LogP contribution in [0.4, 0.5) is 0 Å². The van der Waals surface area contributed by atoms with Crippen molar-refractivity contribution in [3.8, 4) is 0 Å². The first-order valence-electron chi connectivity index (χ1n) is 7.82. The van der Waals surface area contributed by atoms with E-state index in [0.29, 0.717) is 25.6 Å². The van der Waals surface area contributed by atoms with Gasteiger partial charge in [-0.15, -0.1) is 29.7 Å². The maximum absolute atomic E-state index is 13.2. The van der Waals surface area contributed by atoms with Crippen LogP contribution in [-0.2, 0) is 16.4 Å². The van der Waals surface area contributed by atoms with Crippen molar-refractivity contribution in [2.75, 3.05) is 6.26 Å². The van der Waals surface area contributed by atoms with E-state index in [1.165, 1.54) is 29.2 Å². The number of nitrogens with one attached hydrogen (secondary N) is 1. The first-order valence-corrected chi connectivity index (χ1v) is 12.1. The summed E-state index contributed by atoms with van der Waals surface area (Å²) in [5.74, 6) is -0.144. The predicted molar refractivity (Wildman–Crippen MR) is 115 cm³/mol. The third-order valence-corrected chi connectivity index (χ3v) is 8.85. The average molecular weight is 485 g/mol. The fraction of sp³-hybridized carbons (Fsp3) is 0.176. The van der Waals surface area contributed by atoms with Gasteiger partial charge in [-0.05, 0) is 46.8 Å². The summed E-state index contributed by atoms with van der Waals surface area (Å²) >= 11 is 6.02. The summed E-state index contributed by atoms with van der Waals surface area (Å²) in [5.41, 5.74) is 6.98. The Bertz CT molecular complexity index is 1150.